The zero-order chi connectivity index (χ0) is 23.3. The molecule has 0 saturated carbocycles. The van der Waals surface area contributed by atoms with Crippen molar-refractivity contribution in [1.29, 1.82) is 0 Å². The van der Waals surface area contributed by atoms with E-state index in [4.69, 9.17) is 5.73 Å². The van der Waals surface area contributed by atoms with E-state index in [-0.39, 0.29) is 50.5 Å². The first-order valence-electron chi connectivity index (χ1n) is 9.77. The van der Waals surface area contributed by atoms with Crippen molar-refractivity contribution < 1.29 is 27.9 Å². The van der Waals surface area contributed by atoms with Gasteiger partial charge in [0.15, 0.2) is 0 Å². The van der Waals surface area contributed by atoms with Gasteiger partial charge >= 0.3 is 12.3 Å². The van der Waals surface area contributed by atoms with Crippen LogP contribution >= 0.6 is 11.3 Å². The highest BCUT2D eigenvalue weighted by Gasteiger charge is 2.40. The molecule has 2 aromatic rings. The van der Waals surface area contributed by atoms with Crippen molar-refractivity contribution in [3.8, 4) is 0 Å². The number of carbonyl (C=O) groups is 2. The molecule has 7 nitrogen and oxygen atoms in total. The van der Waals surface area contributed by atoms with Crippen molar-refractivity contribution in [2.75, 3.05) is 12.3 Å². The number of halogens is 3. The number of aryl methyl sites for hydroxylation is 1. The SMILES string of the molecule is Cc1cc(C(F)(F)F)c2c(N)c(C(=O)NC3CCN(C(=O)O)C(C(C)(C)C)C3)sc2n1. The van der Waals surface area contributed by atoms with Crippen molar-refractivity contribution in [3.63, 3.8) is 0 Å². The molecule has 1 aliphatic heterocycles. The molecule has 0 radical (unpaired) electrons. The summed E-state index contributed by atoms with van der Waals surface area (Å²) in [6, 6.07) is 0.279. The van der Waals surface area contributed by atoms with Gasteiger partial charge < -0.3 is 21.1 Å². The van der Waals surface area contributed by atoms with Crippen molar-refractivity contribution in [3.05, 3.63) is 22.2 Å². The summed E-state index contributed by atoms with van der Waals surface area (Å²) in [4.78, 5) is 30.0. The summed E-state index contributed by atoms with van der Waals surface area (Å²) in [6.07, 6.45) is -4.84. The number of nitrogens with two attached hydrogens (primary N) is 1. The van der Waals surface area contributed by atoms with Crippen LogP contribution in [0.15, 0.2) is 6.07 Å². The quantitative estimate of drug-likeness (QED) is 0.614. The largest absolute Gasteiger partial charge is 0.465 e. The van der Waals surface area contributed by atoms with Crippen LogP contribution in [0.2, 0.25) is 0 Å². The molecule has 2 atom stereocenters. The molecule has 1 aliphatic rings. The zero-order valence-electron chi connectivity index (χ0n) is 17.6. The van der Waals surface area contributed by atoms with E-state index in [0.717, 1.165) is 17.4 Å². The second kappa shape index (κ2) is 7.85. The van der Waals surface area contributed by atoms with Crippen LogP contribution in [-0.2, 0) is 6.18 Å². The monoisotopic (exact) mass is 458 g/mol. The van der Waals surface area contributed by atoms with E-state index in [1.807, 2.05) is 20.8 Å². The fourth-order valence-corrected chi connectivity index (χ4v) is 5.10. The predicted molar refractivity (Wildman–Crippen MR) is 112 cm³/mol. The summed E-state index contributed by atoms with van der Waals surface area (Å²) < 4.78 is 40.5. The molecule has 1 saturated heterocycles. The number of nitrogen functional groups attached to an aromatic ring is 1. The van der Waals surface area contributed by atoms with Crippen molar-refractivity contribution in [2.24, 2.45) is 5.41 Å². The number of likely N-dealkylation sites (tertiary alicyclic amines) is 1. The van der Waals surface area contributed by atoms with E-state index < -0.39 is 23.7 Å². The van der Waals surface area contributed by atoms with Gasteiger partial charge in [-0.1, -0.05) is 20.8 Å². The molecule has 11 heteroatoms. The third-order valence-electron chi connectivity index (χ3n) is 5.52. The summed E-state index contributed by atoms with van der Waals surface area (Å²) in [7, 11) is 0. The number of rotatable bonds is 2. The molecule has 31 heavy (non-hydrogen) atoms. The van der Waals surface area contributed by atoms with Gasteiger partial charge in [-0.15, -0.1) is 11.3 Å². The maximum absolute atomic E-state index is 13.5. The van der Waals surface area contributed by atoms with E-state index in [9.17, 15) is 27.9 Å². The lowest BCUT2D eigenvalue weighted by Crippen LogP contribution is -2.56. The first kappa shape index (κ1) is 23.1. The van der Waals surface area contributed by atoms with Crippen molar-refractivity contribution in [1.82, 2.24) is 15.2 Å². The molecule has 3 rings (SSSR count). The van der Waals surface area contributed by atoms with Crippen LogP contribution in [0.5, 0.6) is 0 Å². The van der Waals surface area contributed by atoms with E-state index in [1.54, 1.807) is 0 Å². The van der Waals surface area contributed by atoms with Gasteiger partial charge in [0.05, 0.1) is 11.3 Å². The molecular weight excluding hydrogens is 433 g/mol. The number of hydrogen-bond donors (Lipinski definition) is 3. The topological polar surface area (TPSA) is 109 Å². The maximum atomic E-state index is 13.5. The Bertz CT molecular complexity index is 1030. The van der Waals surface area contributed by atoms with Gasteiger partial charge in [-0.25, -0.2) is 9.78 Å². The number of thiophene rings is 1. The Balaban J connectivity index is 1.89. The predicted octanol–water partition coefficient (Wildman–Crippen LogP) is 4.49. The fourth-order valence-electron chi connectivity index (χ4n) is 4.03. The summed E-state index contributed by atoms with van der Waals surface area (Å²) in [5.74, 6) is -0.576. The average Bonchev–Trinajstić information content (AvgIpc) is 2.95. The van der Waals surface area contributed by atoms with E-state index in [1.165, 1.54) is 11.8 Å². The number of carbonyl (C=O) groups excluding carboxylic acids is 1. The average molecular weight is 459 g/mol. The molecule has 3 heterocycles. The minimum atomic E-state index is -4.63. The van der Waals surface area contributed by atoms with E-state index in [0.29, 0.717) is 12.8 Å². The Kier molecular flexibility index (Phi) is 5.85. The molecule has 170 valence electrons. The standard InChI is InChI=1S/C20H25F3N4O3S/c1-9-7-11(20(21,22)23)13-14(24)15(31-17(13)25-9)16(28)26-10-5-6-27(18(29)30)12(8-10)19(2,3)4/h7,10,12H,5-6,8,24H2,1-4H3,(H,26,28)(H,29,30). The lowest BCUT2D eigenvalue weighted by molar-refractivity contribution is -0.136. The number of alkyl halides is 3. The molecule has 0 bridgehead atoms. The number of pyridine rings is 1. The summed E-state index contributed by atoms with van der Waals surface area (Å²) >= 11 is 0.824. The number of aromatic nitrogens is 1. The first-order valence-corrected chi connectivity index (χ1v) is 10.6. The van der Waals surface area contributed by atoms with Gasteiger partial charge in [0.25, 0.3) is 5.91 Å². The molecule has 0 aromatic carbocycles. The number of hydrogen-bond acceptors (Lipinski definition) is 5. The van der Waals surface area contributed by atoms with Gasteiger partial charge in [0.2, 0.25) is 0 Å². The Morgan fingerprint density at radius 1 is 1.32 bits per heavy atom. The Labute approximate surface area is 181 Å². The lowest BCUT2D eigenvalue weighted by atomic mass is 9.79. The van der Waals surface area contributed by atoms with Crippen LogP contribution in [-0.4, -0.2) is 45.6 Å². The van der Waals surface area contributed by atoms with Crippen molar-refractivity contribution in [2.45, 2.75) is 58.8 Å². The Morgan fingerprint density at radius 3 is 2.52 bits per heavy atom. The molecule has 1 fully saturated rings. The number of fused-ring (bicyclic) bond motifs is 1. The van der Waals surface area contributed by atoms with Gasteiger partial charge in [-0.2, -0.15) is 13.2 Å². The minimum Gasteiger partial charge on any atom is -0.465 e. The first-order chi connectivity index (χ1) is 14.2. The number of nitrogens with one attached hydrogen (secondary N) is 1. The second-order valence-electron chi connectivity index (χ2n) is 8.89. The van der Waals surface area contributed by atoms with Crippen LogP contribution in [0.25, 0.3) is 10.2 Å². The number of amides is 2. The molecule has 0 spiro atoms. The number of nitrogens with zero attached hydrogens (tertiary/aromatic N) is 2. The lowest BCUT2D eigenvalue weighted by Gasteiger charge is -2.44. The zero-order valence-corrected chi connectivity index (χ0v) is 18.4. The molecule has 0 aliphatic carbocycles. The molecule has 2 unspecified atom stereocenters. The third-order valence-corrected chi connectivity index (χ3v) is 6.62. The minimum absolute atomic E-state index is 0.0217. The highest BCUT2D eigenvalue weighted by Crippen LogP contribution is 2.42. The van der Waals surface area contributed by atoms with E-state index >= 15 is 0 Å². The smallest absolute Gasteiger partial charge is 0.417 e. The number of piperidine rings is 1. The third kappa shape index (κ3) is 4.56. The summed E-state index contributed by atoms with van der Waals surface area (Å²) in [5.41, 5.74) is 4.66. The Hall–Kier alpha value is -2.56. The molecule has 2 amide bonds. The maximum Gasteiger partial charge on any atom is 0.417 e. The molecule has 2 aromatic heterocycles. The van der Waals surface area contributed by atoms with Crippen LogP contribution in [0.1, 0.15) is 54.5 Å². The highest BCUT2D eigenvalue weighted by atomic mass is 32.1. The Morgan fingerprint density at radius 2 is 1.97 bits per heavy atom. The van der Waals surface area contributed by atoms with Crippen LogP contribution < -0.4 is 11.1 Å². The van der Waals surface area contributed by atoms with Crippen LogP contribution in [0.4, 0.5) is 23.7 Å². The summed E-state index contributed by atoms with van der Waals surface area (Å²) in [5, 5.41) is 12.0. The van der Waals surface area contributed by atoms with Crippen molar-refractivity contribution >= 4 is 39.2 Å². The molecular formula is C20H25F3N4O3S. The number of carboxylic acid groups (broad SMARTS) is 1. The van der Waals surface area contributed by atoms with E-state index in [2.05, 4.69) is 10.3 Å². The fraction of sp³-hybridized carbons (Fsp3) is 0.550. The second-order valence-corrected chi connectivity index (χ2v) is 9.89. The molecule has 4 N–H and O–H groups in total. The van der Waals surface area contributed by atoms with Gasteiger partial charge in [0, 0.05) is 29.7 Å². The van der Waals surface area contributed by atoms with Gasteiger partial charge in [-0.3, -0.25) is 4.79 Å². The highest BCUT2D eigenvalue weighted by molar-refractivity contribution is 7.21. The number of anilines is 1. The van der Waals surface area contributed by atoms with Crippen LogP contribution in [0, 0.1) is 12.3 Å². The van der Waals surface area contributed by atoms with Gasteiger partial charge in [-0.05, 0) is 31.2 Å². The van der Waals surface area contributed by atoms with Crippen LogP contribution in [0.3, 0.4) is 0 Å². The van der Waals surface area contributed by atoms with Gasteiger partial charge in [0.1, 0.15) is 9.71 Å². The normalized spacial score (nSPS) is 20.2. The summed E-state index contributed by atoms with van der Waals surface area (Å²) in [6.45, 7) is 7.48.